The predicted octanol–water partition coefficient (Wildman–Crippen LogP) is 2.46. The van der Waals surface area contributed by atoms with Gasteiger partial charge in [0, 0.05) is 32.2 Å². The van der Waals surface area contributed by atoms with Crippen LogP contribution >= 0.6 is 0 Å². The van der Waals surface area contributed by atoms with E-state index in [2.05, 4.69) is 40.5 Å². The molecule has 0 aliphatic carbocycles. The zero-order chi connectivity index (χ0) is 20.8. The van der Waals surface area contributed by atoms with Gasteiger partial charge < -0.3 is 10.1 Å². The molecule has 1 N–H and O–H groups in total. The van der Waals surface area contributed by atoms with Crippen molar-refractivity contribution in [2.75, 3.05) is 39.4 Å². The lowest BCUT2D eigenvalue weighted by atomic mass is 10.0. The molecule has 2 aliphatic heterocycles. The number of hydrogen-bond donors (Lipinski definition) is 1. The van der Waals surface area contributed by atoms with Crippen molar-refractivity contribution in [1.82, 2.24) is 14.5 Å². The smallest absolute Gasteiger partial charge is 0.243 e. The summed E-state index contributed by atoms with van der Waals surface area (Å²) in [5.74, 6) is 0. The Morgan fingerprint density at radius 2 is 1.53 bits per heavy atom. The van der Waals surface area contributed by atoms with Crippen LogP contribution in [0.25, 0.3) is 0 Å². The molecule has 6 nitrogen and oxygen atoms in total. The SMILES string of the molecule is O=S(=O)(c1ccc(CNC2CCN(Cc3ccccc3)CC2)cc1)N1CCOCC1. The second-order valence-electron chi connectivity index (χ2n) is 8.08. The van der Waals surface area contributed by atoms with Crippen LogP contribution in [-0.2, 0) is 27.8 Å². The lowest BCUT2D eigenvalue weighted by Crippen LogP contribution is -2.41. The van der Waals surface area contributed by atoms with Crippen molar-refractivity contribution < 1.29 is 13.2 Å². The first-order valence-corrected chi connectivity index (χ1v) is 12.2. The third kappa shape index (κ3) is 5.47. The number of benzene rings is 2. The Balaban J connectivity index is 1.24. The molecule has 162 valence electrons. The summed E-state index contributed by atoms with van der Waals surface area (Å²) in [5, 5.41) is 3.64. The van der Waals surface area contributed by atoms with Gasteiger partial charge in [-0.15, -0.1) is 0 Å². The minimum Gasteiger partial charge on any atom is -0.379 e. The van der Waals surface area contributed by atoms with Crippen molar-refractivity contribution in [3.05, 3.63) is 65.7 Å². The number of nitrogens with zero attached hydrogens (tertiary/aromatic N) is 2. The highest BCUT2D eigenvalue weighted by Crippen LogP contribution is 2.18. The molecule has 7 heteroatoms. The molecule has 0 amide bonds. The van der Waals surface area contributed by atoms with Gasteiger partial charge >= 0.3 is 0 Å². The summed E-state index contributed by atoms with van der Waals surface area (Å²) in [6.07, 6.45) is 2.27. The van der Waals surface area contributed by atoms with Crippen molar-refractivity contribution in [3.63, 3.8) is 0 Å². The molecule has 0 atom stereocenters. The number of piperidine rings is 1. The predicted molar refractivity (Wildman–Crippen MR) is 118 cm³/mol. The first-order valence-electron chi connectivity index (χ1n) is 10.8. The highest BCUT2D eigenvalue weighted by atomic mass is 32.2. The number of ether oxygens (including phenoxy) is 1. The molecule has 0 bridgehead atoms. The Hall–Kier alpha value is -1.77. The molecule has 2 aliphatic rings. The lowest BCUT2D eigenvalue weighted by Gasteiger charge is -2.32. The Labute approximate surface area is 179 Å². The summed E-state index contributed by atoms with van der Waals surface area (Å²) in [4.78, 5) is 2.88. The van der Waals surface area contributed by atoms with Crippen LogP contribution in [0.15, 0.2) is 59.5 Å². The first kappa shape index (κ1) is 21.5. The summed E-state index contributed by atoms with van der Waals surface area (Å²) in [6.45, 7) is 5.76. The second-order valence-corrected chi connectivity index (χ2v) is 10.0. The molecule has 2 aromatic rings. The Kier molecular flexibility index (Phi) is 7.17. The van der Waals surface area contributed by atoms with Crippen molar-refractivity contribution in [3.8, 4) is 0 Å². The molecular formula is C23H31N3O3S. The van der Waals surface area contributed by atoms with Crippen LogP contribution in [0.4, 0.5) is 0 Å². The maximum atomic E-state index is 12.7. The molecule has 0 aromatic heterocycles. The molecule has 2 saturated heterocycles. The molecule has 0 spiro atoms. The fourth-order valence-corrected chi connectivity index (χ4v) is 5.52. The largest absolute Gasteiger partial charge is 0.379 e. The van der Waals surface area contributed by atoms with Crippen molar-refractivity contribution in [2.24, 2.45) is 0 Å². The molecule has 2 fully saturated rings. The Morgan fingerprint density at radius 1 is 0.867 bits per heavy atom. The average Bonchev–Trinajstić information content (AvgIpc) is 2.80. The van der Waals surface area contributed by atoms with E-state index in [4.69, 9.17) is 4.74 Å². The topological polar surface area (TPSA) is 61.9 Å². The highest BCUT2D eigenvalue weighted by molar-refractivity contribution is 7.89. The maximum Gasteiger partial charge on any atom is 0.243 e. The summed E-state index contributed by atoms with van der Waals surface area (Å²) >= 11 is 0. The van der Waals surface area contributed by atoms with Gasteiger partial charge in [-0.05, 0) is 49.2 Å². The van der Waals surface area contributed by atoms with E-state index in [0.29, 0.717) is 37.2 Å². The summed E-state index contributed by atoms with van der Waals surface area (Å²) < 4.78 is 32.2. The van der Waals surface area contributed by atoms with Crippen LogP contribution in [-0.4, -0.2) is 63.1 Å². The monoisotopic (exact) mass is 429 g/mol. The van der Waals surface area contributed by atoms with Crippen LogP contribution in [0.3, 0.4) is 0 Å². The van der Waals surface area contributed by atoms with Crippen molar-refractivity contribution in [1.29, 1.82) is 0 Å². The number of morpholine rings is 1. The first-order chi connectivity index (χ1) is 14.6. The molecule has 30 heavy (non-hydrogen) atoms. The summed E-state index contributed by atoms with van der Waals surface area (Å²) in [5.41, 5.74) is 2.48. The van der Waals surface area contributed by atoms with Gasteiger partial charge in [0.05, 0.1) is 18.1 Å². The fraction of sp³-hybridized carbons (Fsp3) is 0.478. The minimum atomic E-state index is -3.42. The average molecular weight is 430 g/mol. The Morgan fingerprint density at radius 3 is 2.20 bits per heavy atom. The van der Waals surface area contributed by atoms with E-state index in [9.17, 15) is 8.42 Å². The number of hydrogen-bond acceptors (Lipinski definition) is 5. The van der Waals surface area contributed by atoms with Gasteiger partial charge in [-0.3, -0.25) is 4.90 Å². The summed E-state index contributed by atoms with van der Waals surface area (Å²) in [7, 11) is -3.42. The second kappa shape index (κ2) is 10.0. The van der Waals surface area contributed by atoms with E-state index in [-0.39, 0.29) is 0 Å². The van der Waals surface area contributed by atoms with Gasteiger partial charge in [0.1, 0.15) is 0 Å². The van der Waals surface area contributed by atoms with Crippen molar-refractivity contribution in [2.45, 2.75) is 36.9 Å². The standard InChI is InChI=1S/C23H31N3O3S/c27-30(28,26-14-16-29-17-15-26)23-8-6-20(7-9-23)18-24-22-10-12-25(13-11-22)19-21-4-2-1-3-5-21/h1-9,22,24H,10-19H2. The van der Waals surface area contributed by atoms with E-state index >= 15 is 0 Å². The molecule has 0 radical (unpaired) electrons. The maximum absolute atomic E-state index is 12.7. The molecular weight excluding hydrogens is 398 g/mol. The van der Waals surface area contributed by atoms with Gasteiger partial charge in [-0.2, -0.15) is 4.31 Å². The van der Waals surface area contributed by atoms with Crippen LogP contribution in [0, 0.1) is 0 Å². The number of rotatable bonds is 7. The van der Waals surface area contributed by atoms with Gasteiger partial charge in [-0.1, -0.05) is 42.5 Å². The van der Waals surface area contributed by atoms with Crippen molar-refractivity contribution >= 4 is 10.0 Å². The van der Waals surface area contributed by atoms with E-state index in [0.717, 1.165) is 44.6 Å². The number of likely N-dealkylation sites (tertiary alicyclic amines) is 1. The number of sulfonamides is 1. The number of nitrogens with one attached hydrogen (secondary N) is 1. The Bertz CT molecular complexity index is 889. The third-order valence-corrected chi connectivity index (χ3v) is 7.88. The zero-order valence-electron chi connectivity index (χ0n) is 17.4. The van der Waals surface area contributed by atoms with Gasteiger partial charge in [-0.25, -0.2) is 8.42 Å². The molecule has 2 aromatic carbocycles. The normalized spacial score (nSPS) is 19.7. The van der Waals surface area contributed by atoms with Gasteiger partial charge in [0.15, 0.2) is 0 Å². The van der Waals surface area contributed by atoms with Crippen LogP contribution < -0.4 is 5.32 Å². The van der Waals surface area contributed by atoms with Crippen LogP contribution in [0.2, 0.25) is 0 Å². The fourth-order valence-electron chi connectivity index (χ4n) is 4.11. The summed E-state index contributed by atoms with van der Waals surface area (Å²) in [6, 6.07) is 18.4. The van der Waals surface area contributed by atoms with E-state index < -0.39 is 10.0 Å². The van der Waals surface area contributed by atoms with Gasteiger partial charge in [0.25, 0.3) is 0 Å². The lowest BCUT2D eigenvalue weighted by molar-refractivity contribution is 0.0730. The third-order valence-electron chi connectivity index (χ3n) is 5.96. The molecule has 2 heterocycles. The molecule has 4 rings (SSSR count). The quantitative estimate of drug-likeness (QED) is 0.733. The molecule has 0 unspecified atom stereocenters. The minimum absolute atomic E-state index is 0.363. The van der Waals surface area contributed by atoms with Crippen LogP contribution in [0.1, 0.15) is 24.0 Å². The van der Waals surface area contributed by atoms with Crippen LogP contribution in [0.5, 0.6) is 0 Å². The molecule has 0 saturated carbocycles. The van der Waals surface area contributed by atoms with E-state index in [1.807, 2.05) is 12.1 Å². The highest BCUT2D eigenvalue weighted by Gasteiger charge is 2.26. The van der Waals surface area contributed by atoms with Gasteiger partial charge in [0.2, 0.25) is 10.0 Å². The van der Waals surface area contributed by atoms with E-state index in [1.165, 1.54) is 9.87 Å². The van der Waals surface area contributed by atoms with E-state index in [1.54, 1.807) is 12.1 Å². The zero-order valence-corrected chi connectivity index (χ0v) is 18.2.